The molecule has 8 nitrogen and oxygen atoms in total. The Morgan fingerprint density at radius 3 is 2.81 bits per heavy atom. The van der Waals surface area contributed by atoms with Crippen LogP contribution in [-0.2, 0) is 0 Å². The van der Waals surface area contributed by atoms with Gasteiger partial charge in [-0.05, 0) is 37.1 Å². The average molecular weight is 428 g/mol. The van der Waals surface area contributed by atoms with Gasteiger partial charge in [0.15, 0.2) is 5.82 Å². The summed E-state index contributed by atoms with van der Waals surface area (Å²) >= 11 is 0. The number of nitrogens with one attached hydrogen (secondary N) is 1. The van der Waals surface area contributed by atoms with E-state index in [1.807, 2.05) is 42.5 Å². The Balaban J connectivity index is 1.60. The Morgan fingerprint density at radius 2 is 2.00 bits per heavy atom. The lowest BCUT2D eigenvalue weighted by atomic mass is 10.1. The number of para-hydroxylation sites is 1. The topological polar surface area (TPSA) is 96.3 Å². The average Bonchev–Trinajstić information content (AvgIpc) is 2.83. The van der Waals surface area contributed by atoms with Gasteiger partial charge in [0.05, 0.1) is 36.5 Å². The summed E-state index contributed by atoms with van der Waals surface area (Å²) in [5.74, 6) is 2.64. The van der Waals surface area contributed by atoms with Crippen LogP contribution in [0.25, 0.3) is 22.3 Å². The second kappa shape index (κ2) is 8.76. The van der Waals surface area contributed by atoms with E-state index >= 15 is 0 Å². The number of ether oxygens (including phenoxy) is 1. The van der Waals surface area contributed by atoms with Gasteiger partial charge < -0.3 is 20.1 Å². The third-order valence-corrected chi connectivity index (χ3v) is 5.53. The molecule has 4 aromatic rings. The van der Waals surface area contributed by atoms with E-state index in [1.54, 1.807) is 25.7 Å². The highest BCUT2D eigenvalue weighted by Gasteiger charge is 2.24. The molecule has 5 rings (SSSR count). The summed E-state index contributed by atoms with van der Waals surface area (Å²) in [6.07, 6.45) is 6.44. The number of aromatic nitrogens is 4. The molecule has 0 aliphatic carbocycles. The predicted octanol–water partition coefficient (Wildman–Crippen LogP) is 3.80. The Kier molecular flexibility index (Phi) is 5.51. The summed E-state index contributed by atoms with van der Waals surface area (Å²) in [7, 11) is 1.61. The molecule has 1 fully saturated rings. The number of hydrogen-bond acceptors (Lipinski definition) is 8. The SMILES string of the molecule is COc1cncc2nc(-c3ccnc(Nc4ccccc4)c3)nc(N3CCC[C@@H](O)C3)c12. The van der Waals surface area contributed by atoms with Crippen molar-refractivity contribution < 1.29 is 9.84 Å². The van der Waals surface area contributed by atoms with E-state index in [1.165, 1.54) is 0 Å². The summed E-state index contributed by atoms with van der Waals surface area (Å²) in [6.45, 7) is 1.33. The number of β-amino-alcohol motifs (C(OH)–C–C–N with tert-alkyl or cyclic N) is 1. The number of pyridine rings is 2. The van der Waals surface area contributed by atoms with Crippen LogP contribution in [0.1, 0.15) is 12.8 Å². The molecule has 32 heavy (non-hydrogen) atoms. The number of piperidine rings is 1. The maximum Gasteiger partial charge on any atom is 0.162 e. The molecule has 3 aromatic heterocycles. The minimum atomic E-state index is -0.382. The first-order valence-corrected chi connectivity index (χ1v) is 10.6. The summed E-state index contributed by atoms with van der Waals surface area (Å²) in [4.78, 5) is 20.5. The number of fused-ring (bicyclic) bond motifs is 1. The number of benzene rings is 1. The van der Waals surface area contributed by atoms with Crippen LogP contribution in [0.4, 0.5) is 17.3 Å². The monoisotopic (exact) mass is 428 g/mol. The number of anilines is 3. The summed E-state index contributed by atoms with van der Waals surface area (Å²) in [6, 6.07) is 13.7. The quantitative estimate of drug-likeness (QED) is 0.496. The summed E-state index contributed by atoms with van der Waals surface area (Å²) in [5, 5.41) is 14.4. The molecule has 4 heterocycles. The second-order valence-electron chi connectivity index (χ2n) is 7.77. The molecule has 1 aliphatic rings. The highest BCUT2D eigenvalue weighted by atomic mass is 16.5. The first kappa shape index (κ1) is 20.1. The highest BCUT2D eigenvalue weighted by Crippen LogP contribution is 2.35. The van der Waals surface area contributed by atoms with Crippen LogP contribution < -0.4 is 15.0 Å². The molecule has 0 saturated carbocycles. The Hall–Kier alpha value is -3.78. The predicted molar refractivity (Wildman–Crippen MR) is 124 cm³/mol. The van der Waals surface area contributed by atoms with Crippen molar-refractivity contribution in [1.82, 2.24) is 19.9 Å². The van der Waals surface area contributed by atoms with Gasteiger partial charge in [-0.3, -0.25) is 4.98 Å². The molecular weight excluding hydrogens is 404 g/mol. The third-order valence-electron chi connectivity index (χ3n) is 5.53. The van der Waals surface area contributed by atoms with Crippen LogP contribution in [0.2, 0.25) is 0 Å². The van der Waals surface area contributed by atoms with E-state index in [0.717, 1.165) is 41.8 Å². The van der Waals surface area contributed by atoms with Crippen molar-refractivity contribution in [1.29, 1.82) is 0 Å². The summed E-state index contributed by atoms with van der Waals surface area (Å²) < 4.78 is 5.57. The van der Waals surface area contributed by atoms with Gasteiger partial charge in [0.1, 0.15) is 17.4 Å². The molecule has 0 spiro atoms. The largest absolute Gasteiger partial charge is 0.494 e. The van der Waals surface area contributed by atoms with Crippen LogP contribution >= 0.6 is 0 Å². The molecule has 8 heteroatoms. The minimum Gasteiger partial charge on any atom is -0.494 e. The molecule has 0 amide bonds. The zero-order valence-corrected chi connectivity index (χ0v) is 17.8. The Morgan fingerprint density at radius 1 is 1.12 bits per heavy atom. The number of hydrogen-bond donors (Lipinski definition) is 2. The minimum absolute atomic E-state index is 0.382. The fraction of sp³-hybridized carbons (Fsp3) is 0.250. The molecule has 1 atom stereocenters. The number of methoxy groups -OCH3 is 1. The van der Waals surface area contributed by atoms with Gasteiger partial charge in [-0.2, -0.15) is 0 Å². The maximum atomic E-state index is 10.3. The fourth-order valence-electron chi connectivity index (χ4n) is 4.00. The number of aliphatic hydroxyl groups excluding tert-OH is 1. The van der Waals surface area contributed by atoms with Crippen LogP contribution in [-0.4, -0.2) is 51.3 Å². The molecule has 0 bridgehead atoms. The molecule has 162 valence electrons. The third kappa shape index (κ3) is 4.04. The van der Waals surface area contributed by atoms with Gasteiger partial charge in [-0.1, -0.05) is 18.2 Å². The standard InChI is InChI=1S/C24H24N6O2/c1-32-20-14-25-13-19-22(20)24(30-11-5-8-18(31)15-30)29-23(28-19)16-9-10-26-21(12-16)27-17-6-3-2-4-7-17/h2-4,6-7,9-10,12-14,18,31H,5,8,11,15H2,1H3,(H,26,27)/t18-/m1/s1. The van der Waals surface area contributed by atoms with Crippen molar-refractivity contribution >= 4 is 28.2 Å². The molecule has 0 unspecified atom stereocenters. The molecular formula is C24H24N6O2. The van der Waals surface area contributed by atoms with E-state index in [0.29, 0.717) is 29.5 Å². The van der Waals surface area contributed by atoms with E-state index in [-0.39, 0.29) is 6.10 Å². The molecule has 1 saturated heterocycles. The summed E-state index contributed by atoms with van der Waals surface area (Å²) in [5.41, 5.74) is 2.48. The van der Waals surface area contributed by atoms with Crippen LogP contribution in [0.3, 0.4) is 0 Å². The molecule has 1 aromatic carbocycles. The smallest absolute Gasteiger partial charge is 0.162 e. The zero-order valence-electron chi connectivity index (χ0n) is 17.8. The normalized spacial score (nSPS) is 16.2. The lowest BCUT2D eigenvalue weighted by Crippen LogP contribution is -2.39. The van der Waals surface area contributed by atoms with Crippen molar-refractivity contribution in [3.8, 4) is 17.1 Å². The van der Waals surface area contributed by atoms with Gasteiger partial charge in [0.25, 0.3) is 0 Å². The van der Waals surface area contributed by atoms with Crippen molar-refractivity contribution in [2.75, 3.05) is 30.4 Å². The van der Waals surface area contributed by atoms with Crippen molar-refractivity contribution in [2.24, 2.45) is 0 Å². The number of rotatable bonds is 5. The van der Waals surface area contributed by atoms with Crippen molar-refractivity contribution in [2.45, 2.75) is 18.9 Å². The van der Waals surface area contributed by atoms with Gasteiger partial charge in [-0.15, -0.1) is 0 Å². The number of nitrogens with zero attached hydrogens (tertiary/aromatic N) is 5. The highest BCUT2D eigenvalue weighted by molar-refractivity contribution is 5.95. The molecule has 2 N–H and O–H groups in total. The zero-order chi connectivity index (χ0) is 21.9. The van der Waals surface area contributed by atoms with Crippen molar-refractivity contribution in [3.05, 3.63) is 61.1 Å². The van der Waals surface area contributed by atoms with Gasteiger partial charge >= 0.3 is 0 Å². The van der Waals surface area contributed by atoms with Gasteiger partial charge in [0, 0.05) is 30.5 Å². The van der Waals surface area contributed by atoms with E-state index < -0.39 is 0 Å². The Labute approximate surface area is 186 Å². The van der Waals surface area contributed by atoms with Gasteiger partial charge in [-0.25, -0.2) is 15.0 Å². The van der Waals surface area contributed by atoms with Crippen molar-refractivity contribution in [3.63, 3.8) is 0 Å². The lowest BCUT2D eigenvalue weighted by molar-refractivity contribution is 0.154. The van der Waals surface area contributed by atoms with E-state index in [4.69, 9.17) is 14.7 Å². The Bertz CT molecular complexity index is 1230. The number of aliphatic hydroxyl groups is 1. The molecule has 1 aliphatic heterocycles. The van der Waals surface area contributed by atoms with E-state index in [2.05, 4.69) is 20.2 Å². The molecule has 0 radical (unpaired) electrons. The second-order valence-corrected chi connectivity index (χ2v) is 7.77. The van der Waals surface area contributed by atoms with Gasteiger partial charge in [0.2, 0.25) is 0 Å². The van der Waals surface area contributed by atoms with E-state index in [9.17, 15) is 5.11 Å². The lowest BCUT2D eigenvalue weighted by Gasteiger charge is -2.32. The van der Waals surface area contributed by atoms with Crippen LogP contribution in [0, 0.1) is 0 Å². The maximum absolute atomic E-state index is 10.3. The first-order chi connectivity index (χ1) is 15.7. The fourth-order valence-corrected chi connectivity index (χ4v) is 4.00. The van der Waals surface area contributed by atoms with Crippen LogP contribution in [0.5, 0.6) is 5.75 Å². The van der Waals surface area contributed by atoms with Crippen LogP contribution in [0.15, 0.2) is 61.1 Å². The first-order valence-electron chi connectivity index (χ1n) is 10.6.